The van der Waals surface area contributed by atoms with E-state index in [1.54, 1.807) is 25.1 Å². The van der Waals surface area contributed by atoms with Gasteiger partial charge in [0, 0.05) is 34.1 Å². The number of hydrogen-bond acceptors (Lipinski definition) is 6. The van der Waals surface area contributed by atoms with Crippen molar-refractivity contribution in [1.82, 2.24) is 9.78 Å². The minimum atomic E-state index is -3.22. The van der Waals surface area contributed by atoms with Crippen LogP contribution in [-0.4, -0.2) is 50.2 Å². The second kappa shape index (κ2) is 11.2. The van der Waals surface area contributed by atoms with E-state index in [0.29, 0.717) is 11.4 Å². The van der Waals surface area contributed by atoms with E-state index in [1.807, 2.05) is 6.07 Å². The number of alkyl halides is 2. The van der Waals surface area contributed by atoms with E-state index < -0.39 is 22.9 Å². The van der Waals surface area contributed by atoms with Gasteiger partial charge in [-0.2, -0.15) is 19.1 Å². The number of halogens is 2. The molecule has 0 fully saturated rings. The number of hydrogen-bond donors (Lipinski definition) is 2. The van der Waals surface area contributed by atoms with Gasteiger partial charge in [-0.1, -0.05) is 42.5 Å². The summed E-state index contributed by atoms with van der Waals surface area (Å²) >= 11 is 0. The molecule has 1 aromatic heterocycles. The number of amides is 2. The fourth-order valence-corrected chi connectivity index (χ4v) is 5.18. The number of fused-ring (bicyclic) bond motifs is 1. The lowest BCUT2D eigenvalue weighted by atomic mass is 9.99. The van der Waals surface area contributed by atoms with Crippen LogP contribution in [0.15, 0.2) is 79.0 Å². The van der Waals surface area contributed by atoms with Crippen LogP contribution in [0, 0.1) is 11.3 Å². The number of nitrogens with two attached hydrogens (primary N) is 1. The highest BCUT2D eigenvalue weighted by Gasteiger charge is 2.42. The Hall–Kier alpha value is -4.86. The lowest BCUT2D eigenvalue weighted by Crippen LogP contribution is -2.57. The predicted molar refractivity (Wildman–Crippen MR) is 153 cm³/mol. The number of nitrogens with one attached hydrogen (secondary N) is 1. The molecular weight excluding hydrogens is 558 g/mol. The van der Waals surface area contributed by atoms with Gasteiger partial charge < -0.3 is 20.7 Å². The maximum atomic E-state index is 15.1. The van der Waals surface area contributed by atoms with Crippen LogP contribution < -0.4 is 20.7 Å². The summed E-state index contributed by atoms with van der Waals surface area (Å²) in [5.41, 5.74) is 6.08. The molecular formula is C30H25F2N6O3Si. The molecule has 2 heterocycles. The molecule has 12 heteroatoms. The molecule has 1 aliphatic heterocycles. The monoisotopic (exact) mass is 583 g/mol. The van der Waals surface area contributed by atoms with Crippen molar-refractivity contribution >= 4 is 33.4 Å². The third kappa shape index (κ3) is 5.27. The summed E-state index contributed by atoms with van der Waals surface area (Å²) in [7, 11) is 3.66. The molecule has 9 nitrogen and oxygen atoms in total. The average molecular weight is 584 g/mol. The summed E-state index contributed by atoms with van der Waals surface area (Å²) < 4.78 is 37.1. The Morgan fingerprint density at radius 1 is 1.17 bits per heavy atom. The maximum absolute atomic E-state index is 15.1. The van der Waals surface area contributed by atoms with Crippen LogP contribution in [-0.2, 0) is 12.5 Å². The van der Waals surface area contributed by atoms with Crippen LogP contribution in [0.25, 0.3) is 0 Å². The molecule has 211 valence electrons. The molecule has 3 radical (unpaired) electrons. The van der Waals surface area contributed by atoms with Gasteiger partial charge in [-0.3, -0.25) is 14.3 Å². The highest BCUT2D eigenvalue weighted by atomic mass is 28.1. The van der Waals surface area contributed by atoms with Crippen LogP contribution in [0.2, 0.25) is 0 Å². The fraction of sp³-hybridized carbons (Fsp3) is 0.200. The summed E-state index contributed by atoms with van der Waals surface area (Å²) in [4.78, 5) is 28.4. The smallest absolute Gasteiger partial charge is 0.298 e. The second-order valence-electron chi connectivity index (χ2n) is 9.88. The van der Waals surface area contributed by atoms with E-state index in [-0.39, 0.29) is 53.3 Å². The van der Waals surface area contributed by atoms with Crippen LogP contribution >= 0.6 is 0 Å². The van der Waals surface area contributed by atoms with Gasteiger partial charge in [0.05, 0.1) is 34.2 Å². The van der Waals surface area contributed by atoms with E-state index in [4.69, 9.17) is 10.5 Å². The van der Waals surface area contributed by atoms with Gasteiger partial charge in [0.15, 0.2) is 0 Å². The van der Waals surface area contributed by atoms with E-state index in [1.165, 1.54) is 70.4 Å². The molecule has 42 heavy (non-hydrogen) atoms. The number of rotatable bonds is 8. The standard InChI is InChI=1S/C30H25F2N6O3Si/c1-29(42)18-37-26(24(17-35-37)36-27(39)19-7-12-25(41-14-13-33)20(15-19)16-34)28(40)38(29)23-10-8-22(9-11-23)30(31,32)21-5-3-2-4-6-21/h2-12,15,17H,13-14,18,33H2,1H3,(H,36,39)/t29-/m0/s1. The third-order valence-corrected chi connectivity index (χ3v) is 7.19. The van der Waals surface area contributed by atoms with Gasteiger partial charge in [-0.05, 0) is 37.3 Å². The Kier molecular flexibility index (Phi) is 7.64. The highest BCUT2D eigenvalue weighted by Crippen LogP contribution is 2.38. The Morgan fingerprint density at radius 3 is 2.52 bits per heavy atom. The van der Waals surface area contributed by atoms with Crippen LogP contribution in [0.5, 0.6) is 5.75 Å². The maximum Gasteiger partial charge on any atom is 0.298 e. The van der Waals surface area contributed by atoms with Gasteiger partial charge in [0.1, 0.15) is 24.1 Å². The van der Waals surface area contributed by atoms with Gasteiger partial charge in [-0.15, -0.1) is 0 Å². The van der Waals surface area contributed by atoms with E-state index in [9.17, 15) is 14.9 Å². The summed E-state index contributed by atoms with van der Waals surface area (Å²) in [5, 5.41) is 15.5. The summed E-state index contributed by atoms with van der Waals surface area (Å²) in [6.07, 6.45) is 1.37. The Morgan fingerprint density at radius 2 is 1.86 bits per heavy atom. The van der Waals surface area contributed by atoms with Crippen molar-refractivity contribution in [2.24, 2.45) is 5.73 Å². The minimum absolute atomic E-state index is 0.112. The highest BCUT2D eigenvalue weighted by molar-refractivity contribution is 6.24. The second-order valence-corrected chi connectivity index (χ2v) is 11.0. The SMILES string of the molecule is C[C@]1([Si])Cn2ncc(NC(=O)c3ccc(OCCN)c(C#N)c3)c2C(=O)N1c1ccc(C(F)(F)c2ccccc2)cc1. The van der Waals surface area contributed by atoms with Crippen LogP contribution in [0.1, 0.15) is 44.5 Å². The van der Waals surface area contributed by atoms with E-state index in [0.717, 1.165) is 0 Å². The Labute approximate surface area is 243 Å². The summed E-state index contributed by atoms with van der Waals surface area (Å²) in [5.74, 6) is -3.99. The molecule has 0 saturated carbocycles. The minimum Gasteiger partial charge on any atom is -0.491 e. The fourth-order valence-electron chi connectivity index (χ4n) is 4.80. The number of anilines is 2. The molecule has 0 unspecified atom stereocenters. The number of ether oxygens (including phenoxy) is 1. The molecule has 5 rings (SSSR count). The number of aromatic nitrogens is 2. The van der Waals surface area contributed by atoms with E-state index >= 15 is 8.78 Å². The molecule has 0 spiro atoms. The van der Waals surface area contributed by atoms with Gasteiger partial charge in [0.2, 0.25) is 0 Å². The first kappa shape index (κ1) is 28.7. The Bertz CT molecular complexity index is 1680. The number of carbonyl (C=O) groups excluding carboxylic acids is 2. The van der Waals surface area contributed by atoms with Crippen LogP contribution in [0.4, 0.5) is 20.2 Å². The van der Waals surface area contributed by atoms with Crippen LogP contribution in [0.3, 0.4) is 0 Å². The first-order valence-corrected chi connectivity index (χ1v) is 13.4. The average Bonchev–Trinajstić information content (AvgIpc) is 3.37. The molecule has 3 N–H and O–H groups in total. The van der Waals surface area contributed by atoms with Crippen molar-refractivity contribution in [2.45, 2.75) is 24.6 Å². The van der Waals surface area contributed by atoms with Crippen molar-refractivity contribution in [3.63, 3.8) is 0 Å². The molecule has 4 aromatic rings. The lowest BCUT2D eigenvalue weighted by molar-refractivity contribution is 0.0428. The molecule has 0 saturated heterocycles. The van der Waals surface area contributed by atoms with Crippen molar-refractivity contribution in [3.05, 3.63) is 107 Å². The predicted octanol–water partition coefficient (Wildman–Crippen LogP) is 4.03. The molecule has 1 atom stereocenters. The van der Waals surface area contributed by atoms with E-state index in [2.05, 4.69) is 20.7 Å². The zero-order valence-corrected chi connectivity index (χ0v) is 23.5. The first-order valence-electron chi connectivity index (χ1n) is 12.9. The van der Waals surface area contributed by atoms with Gasteiger partial charge in [-0.25, -0.2) is 0 Å². The van der Waals surface area contributed by atoms with Crippen molar-refractivity contribution in [2.75, 3.05) is 23.4 Å². The zero-order valence-electron chi connectivity index (χ0n) is 22.5. The van der Waals surface area contributed by atoms with Crippen molar-refractivity contribution < 1.29 is 23.1 Å². The topological polar surface area (TPSA) is 126 Å². The quantitative estimate of drug-likeness (QED) is 0.302. The number of nitriles is 1. The van der Waals surface area contributed by atoms with Crippen molar-refractivity contribution in [3.8, 4) is 11.8 Å². The molecule has 0 bridgehead atoms. The number of carbonyl (C=O) groups is 2. The molecule has 1 aliphatic rings. The van der Waals surface area contributed by atoms with Crippen molar-refractivity contribution in [1.29, 1.82) is 5.26 Å². The lowest BCUT2D eigenvalue weighted by Gasteiger charge is -2.42. The first-order chi connectivity index (χ1) is 20.1. The Balaban J connectivity index is 1.41. The number of nitrogens with zero attached hydrogens (tertiary/aromatic N) is 4. The van der Waals surface area contributed by atoms with Gasteiger partial charge >= 0.3 is 0 Å². The normalized spacial score (nSPS) is 16.5. The molecule has 2 amide bonds. The van der Waals surface area contributed by atoms with Gasteiger partial charge in [0.25, 0.3) is 17.7 Å². The molecule has 0 aliphatic carbocycles. The molecule has 3 aromatic carbocycles. The largest absolute Gasteiger partial charge is 0.491 e. The summed E-state index contributed by atoms with van der Waals surface area (Å²) in [6, 6.07) is 19.4. The summed E-state index contributed by atoms with van der Waals surface area (Å²) in [6.45, 7) is 2.44. The number of benzene rings is 3. The third-order valence-electron chi connectivity index (χ3n) is 6.81. The zero-order chi connectivity index (χ0) is 30.1.